The lowest BCUT2D eigenvalue weighted by Gasteiger charge is -2.05. The van der Waals surface area contributed by atoms with E-state index in [0.29, 0.717) is 13.0 Å². The number of amides is 2. The quantitative estimate of drug-likeness (QED) is 0.314. The average Bonchev–Trinajstić information content (AvgIpc) is 2.52. The molecule has 0 bridgehead atoms. The lowest BCUT2D eigenvalue weighted by atomic mass is 10.00. The van der Waals surface area contributed by atoms with E-state index in [4.69, 9.17) is 10.9 Å². The second kappa shape index (κ2) is 4.59. The Labute approximate surface area is 81.1 Å². The third-order valence-electron chi connectivity index (χ3n) is 2.30. The summed E-state index contributed by atoms with van der Waals surface area (Å²) in [6.45, 7) is 0.672. The molecule has 6 heteroatoms. The molecule has 1 aliphatic heterocycles. The summed E-state index contributed by atoms with van der Waals surface area (Å²) in [5.74, 6) is -0.844. The number of carbonyl (C=O) groups is 2. The molecule has 6 nitrogen and oxygen atoms in total. The second-order valence-electron chi connectivity index (χ2n) is 3.23. The van der Waals surface area contributed by atoms with Gasteiger partial charge in [-0.2, -0.15) is 0 Å². The minimum atomic E-state index is -0.745. The number of nitrogens with zero attached hydrogens (tertiary/aromatic N) is 1. The van der Waals surface area contributed by atoms with Crippen LogP contribution in [-0.2, 0) is 9.59 Å². The van der Waals surface area contributed by atoms with E-state index in [2.05, 4.69) is 10.5 Å². The molecule has 2 amide bonds. The molecule has 1 aliphatic rings. The lowest BCUT2D eigenvalue weighted by Crippen LogP contribution is -2.25. The molecule has 0 aromatic rings. The summed E-state index contributed by atoms with van der Waals surface area (Å²) >= 11 is 0. The van der Waals surface area contributed by atoms with Crippen molar-refractivity contribution >= 4 is 17.5 Å². The van der Waals surface area contributed by atoms with Crippen molar-refractivity contribution in [1.29, 1.82) is 0 Å². The van der Waals surface area contributed by atoms with Crippen LogP contribution in [0.1, 0.15) is 19.3 Å². The first kappa shape index (κ1) is 10.5. The summed E-state index contributed by atoms with van der Waals surface area (Å²) in [4.78, 5) is 21.8. The minimum absolute atomic E-state index is 0.00763. The Balaban J connectivity index is 2.39. The summed E-state index contributed by atoms with van der Waals surface area (Å²) in [5.41, 5.74) is 4.86. The summed E-state index contributed by atoms with van der Waals surface area (Å²) < 4.78 is 0. The van der Waals surface area contributed by atoms with Gasteiger partial charge in [0.1, 0.15) is 5.71 Å². The van der Waals surface area contributed by atoms with Crippen molar-refractivity contribution in [3.63, 3.8) is 0 Å². The number of rotatable bonds is 4. The summed E-state index contributed by atoms with van der Waals surface area (Å²) in [6, 6.07) is 0. The molecule has 1 fully saturated rings. The van der Waals surface area contributed by atoms with Gasteiger partial charge in [0.05, 0.1) is 0 Å². The molecular weight excluding hydrogens is 186 g/mol. The number of oxime groups is 1. The largest absolute Gasteiger partial charge is 0.410 e. The molecule has 0 saturated carbocycles. The highest BCUT2D eigenvalue weighted by atomic mass is 16.4. The van der Waals surface area contributed by atoms with E-state index in [1.165, 1.54) is 0 Å². The van der Waals surface area contributed by atoms with Crippen LogP contribution < -0.4 is 11.1 Å². The van der Waals surface area contributed by atoms with Gasteiger partial charge in [0, 0.05) is 12.5 Å². The fourth-order valence-electron chi connectivity index (χ4n) is 1.45. The molecule has 4 N–H and O–H groups in total. The van der Waals surface area contributed by atoms with Crippen molar-refractivity contribution < 1.29 is 14.8 Å². The molecule has 0 aromatic heterocycles. The minimum Gasteiger partial charge on any atom is -0.410 e. The Morgan fingerprint density at radius 2 is 2.43 bits per heavy atom. The number of hydrogen-bond acceptors (Lipinski definition) is 4. The van der Waals surface area contributed by atoms with Crippen LogP contribution in [0.2, 0.25) is 0 Å². The molecule has 1 saturated heterocycles. The predicted octanol–water partition coefficient (Wildman–Crippen LogP) is -0.782. The first-order chi connectivity index (χ1) is 6.65. The standard InChI is InChI=1S/C8H13N3O3/c9-7(12)6(11-14)2-1-5-3-4-10-8(5)13/h5,14H,1-4H2,(H2,9,12)(H,10,13)/t5-/m0/s1. The highest BCUT2D eigenvalue weighted by Crippen LogP contribution is 2.15. The highest BCUT2D eigenvalue weighted by Gasteiger charge is 2.24. The maximum absolute atomic E-state index is 11.1. The Bertz CT molecular complexity index is 275. The van der Waals surface area contributed by atoms with E-state index in [9.17, 15) is 9.59 Å². The van der Waals surface area contributed by atoms with Crippen LogP contribution in [0.15, 0.2) is 5.16 Å². The topological polar surface area (TPSA) is 105 Å². The van der Waals surface area contributed by atoms with Crippen LogP contribution in [0.4, 0.5) is 0 Å². The normalized spacial score (nSPS) is 22.1. The average molecular weight is 199 g/mol. The van der Waals surface area contributed by atoms with Crippen LogP contribution >= 0.6 is 0 Å². The number of nitrogens with one attached hydrogen (secondary N) is 1. The third kappa shape index (κ3) is 2.45. The first-order valence-corrected chi connectivity index (χ1v) is 4.43. The SMILES string of the molecule is NC(=O)C(CC[C@H]1CCNC1=O)=NO. The van der Waals surface area contributed by atoms with Crippen molar-refractivity contribution in [2.75, 3.05) is 6.54 Å². The van der Waals surface area contributed by atoms with Crippen molar-refractivity contribution in [1.82, 2.24) is 5.32 Å². The van der Waals surface area contributed by atoms with E-state index in [1.807, 2.05) is 0 Å². The Morgan fingerprint density at radius 3 is 2.86 bits per heavy atom. The third-order valence-corrected chi connectivity index (χ3v) is 2.30. The van der Waals surface area contributed by atoms with E-state index >= 15 is 0 Å². The van der Waals surface area contributed by atoms with Gasteiger partial charge in [-0.15, -0.1) is 0 Å². The molecule has 0 unspecified atom stereocenters. The smallest absolute Gasteiger partial charge is 0.266 e. The van der Waals surface area contributed by atoms with Crippen LogP contribution in [0.3, 0.4) is 0 Å². The molecule has 0 aliphatic carbocycles. The molecule has 14 heavy (non-hydrogen) atoms. The zero-order valence-corrected chi connectivity index (χ0v) is 7.69. The van der Waals surface area contributed by atoms with Crippen molar-refractivity contribution in [2.24, 2.45) is 16.8 Å². The fourth-order valence-corrected chi connectivity index (χ4v) is 1.45. The Morgan fingerprint density at radius 1 is 1.71 bits per heavy atom. The molecule has 1 rings (SSSR count). The van der Waals surface area contributed by atoms with Gasteiger partial charge >= 0.3 is 0 Å². The zero-order chi connectivity index (χ0) is 10.6. The van der Waals surface area contributed by atoms with Crippen LogP contribution in [0.5, 0.6) is 0 Å². The first-order valence-electron chi connectivity index (χ1n) is 4.43. The number of carbonyl (C=O) groups excluding carboxylic acids is 2. The molecule has 1 atom stereocenters. The maximum atomic E-state index is 11.1. The Hall–Kier alpha value is -1.59. The molecule has 78 valence electrons. The lowest BCUT2D eigenvalue weighted by molar-refractivity contribution is -0.122. The second-order valence-corrected chi connectivity index (χ2v) is 3.23. The van der Waals surface area contributed by atoms with E-state index < -0.39 is 5.91 Å². The molecule has 0 radical (unpaired) electrons. The van der Waals surface area contributed by atoms with Crippen molar-refractivity contribution in [3.8, 4) is 0 Å². The van der Waals surface area contributed by atoms with Crippen LogP contribution in [0.25, 0.3) is 0 Å². The van der Waals surface area contributed by atoms with Gasteiger partial charge in [0.2, 0.25) is 5.91 Å². The number of primary amides is 1. The van der Waals surface area contributed by atoms with E-state index in [1.54, 1.807) is 0 Å². The fraction of sp³-hybridized carbons (Fsp3) is 0.625. The van der Waals surface area contributed by atoms with E-state index in [0.717, 1.165) is 6.42 Å². The van der Waals surface area contributed by atoms with Gasteiger partial charge in [-0.25, -0.2) is 0 Å². The molecule has 1 heterocycles. The maximum Gasteiger partial charge on any atom is 0.266 e. The van der Waals surface area contributed by atoms with Gasteiger partial charge in [-0.05, 0) is 19.3 Å². The van der Waals surface area contributed by atoms with Gasteiger partial charge in [0.25, 0.3) is 5.91 Å². The number of nitrogens with two attached hydrogens (primary N) is 1. The van der Waals surface area contributed by atoms with Crippen LogP contribution in [-0.4, -0.2) is 29.3 Å². The van der Waals surface area contributed by atoms with Gasteiger partial charge in [-0.1, -0.05) is 5.16 Å². The highest BCUT2D eigenvalue weighted by molar-refractivity contribution is 6.38. The van der Waals surface area contributed by atoms with Crippen molar-refractivity contribution in [2.45, 2.75) is 19.3 Å². The zero-order valence-electron chi connectivity index (χ0n) is 7.69. The molecule has 0 spiro atoms. The Kier molecular flexibility index (Phi) is 3.44. The summed E-state index contributed by atoms with van der Waals surface area (Å²) in [6.07, 6.45) is 1.49. The summed E-state index contributed by atoms with van der Waals surface area (Å²) in [7, 11) is 0. The van der Waals surface area contributed by atoms with Gasteiger partial charge < -0.3 is 16.3 Å². The number of hydrogen-bond donors (Lipinski definition) is 3. The molecular formula is C8H13N3O3. The molecule has 0 aromatic carbocycles. The van der Waals surface area contributed by atoms with Gasteiger partial charge in [-0.3, -0.25) is 9.59 Å². The van der Waals surface area contributed by atoms with Crippen LogP contribution in [0, 0.1) is 5.92 Å². The van der Waals surface area contributed by atoms with E-state index in [-0.39, 0.29) is 24.0 Å². The predicted molar refractivity (Wildman–Crippen MR) is 48.8 cm³/mol. The van der Waals surface area contributed by atoms with Crippen molar-refractivity contribution in [3.05, 3.63) is 0 Å². The monoisotopic (exact) mass is 199 g/mol. The summed E-state index contributed by atoms with van der Waals surface area (Å²) in [5, 5.41) is 13.9. The van der Waals surface area contributed by atoms with Gasteiger partial charge in [0.15, 0.2) is 0 Å².